The largest absolute Gasteiger partial charge is 0.356 e. The number of rotatable bonds is 5. The second-order valence-electron chi connectivity index (χ2n) is 8.36. The van der Waals surface area contributed by atoms with Crippen molar-refractivity contribution in [2.75, 3.05) is 18.0 Å². The topological polar surface area (TPSA) is 76.8 Å². The molecule has 0 aromatic carbocycles. The third-order valence-corrected chi connectivity index (χ3v) is 6.45. The smallest absolute Gasteiger partial charge is 0.253 e. The first-order valence-electron chi connectivity index (χ1n) is 10.8. The Kier molecular flexibility index (Phi) is 5.26. The summed E-state index contributed by atoms with van der Waals surface area (Å²) < 4.78 is 1.74. The van der Waals surface area contributed by atoms with Crippen molar-refractivity contribution in [1.82, 2.24) is 24.5 Å². The summed E-state index contributed by atoms with van der Waals surface area (Å²) in [6.07, 6.45) is 12.7. The number of aromatic nitrogens is 5. The van der Waals surface area contributed by atoms with Crippen LogP contribution >= 0.6 is 0 Å². The van der Waals surface area contributed by atoms with E-state index in [9.17, 15) is 4.79 Å². The molecule has 0 N–H and O–H groups in total. The lowest BCUT2D eigenvalue weighted by Crippen LogP contribution is -2.37. The third kappa shape index (κ3) is 3.97. The van der Waals surface area contributed by atoms with Gasteiger partial charge in [0.1, 0.15) is 12.1 Å². The van der Waals surface area contributed by atoms with E-state index in [1.807, 2.05) is 12.1 Å². The molecule has 0 amide bonds. The molecule has 3 aromatic heterocycles. The maximum absolute atomic E-state index is 12.6. The zero-order valence-electron chi connectivity index (χ0n) is 17.0. The van der Waals surface area contributed by atoms with Crippen LogP contribution in [0.2, 0.25) is 0 Å². The number of nitrogens with zero attached hydrogens (tertiary/aromatic N) is 6. The predicted molar refractivity (Wildman–Crippen MR) is 115 cm³/mol. The van der Waals surface area contributed by atoms with Gasteiger partial charge in [-0.15, -0.1) is 0 Å². The van der Waals surface area contributed by atoms with Crippen molar-refractivity contribution < 1.29 is 0 Å². The summed E-state index contributed by atoms with van der Waals surface area (Å²) in [5, 5.41) is 0. The normalized spacial score (nSPS) is 17.7. The number of piperidine rings is 1. The Morgan fingerprint density at radius 3 is 2.47 bits per heavy atom. The van der Waals surface area contributed by atoms with E-state index in [1.54, 1.807) is 35.7 Å². The number of hydrogen-bond donors (Lipinski definition) is 0. The van der Waals surface area contributed by atoms with Crippen LogP contribution in [0.25, 0.3) is 11.3 Å². The van der Waals surface area contributed by atoms with Gasteiger partial charge in [-0.25, -0.2) is 15.0 Å². The van der Waals surface area contributed by atoms with Crippen LogP contribution in [0.15, 0.2) is 54.1 Å². The van der Waals surface area contributed by atoms with E-state index in [0.29, 0.717) is 24.1 Å². The van der Waals surface area contributed by atoms with E-state index in [-0.39, 0.29) is 5.56 Å². The first kappa shape index (κ1) is 18.9. The van der Waals surface area contributed by atoms with Crippen molar-refractivity contribution in [2.45, 2.75) is 44.6 Å². The van der Waals surface area contributed by atoms with Gasteiger partial charge in [0.05, 0.1) is 12.0 Å². The molecule has 7 nitrogen and oxygen atoms in total. The Bertz CT molecular complexity index is 1050. The van der Waals surface area contributed by atoms with Crippen molar-refractivity contribution in [3.05, 3.63) is 65.4 Å². The van der Waals surface area contributed by atoms with Crippen LogP contribution in [0, 0.1) is 5.92 Å². The molecule has 2 aliphatic rings. The maximum Gasteiger partial charge on any atom is 0.253 e. The molecule has 154 valence electrons. The van der Waals surface area contributed by atoms with E-state index < -0.39 is 0 Å². The monoisotopic (exact) mass is 402 g/mol. The molecule has 1 aliphatic carbocycles. The van der Waals surface area contributed by atoms with Crippen molar-refractivity contribution in [2.24, 2.45) is 5.92 Å². The highest BCUT2D eigenvalue weighted by Crippen LogP contribution is 2.36. The molecule has 30 heavy (non-hydrogen) atoms. The summed E-state index contributed by atoms with van der Waals surface area (Å²) in [6.45, 7) is 2.64. The third-order valence-electron chi connectivity index (χ3n) is 6.45. The Morgan fingerprint density at radius 2 is 1.77 bits per heavy atom. The molecule has 0 unspecified atom stereocenters. The molecule has 3 aromatic rings. The summed E-state index contributed by atoms with van der Waals surface area (Å²) in [5.41, 5.74) is 2.80. The predicted octanol–water partition coefficient (Wildman–Crippen LogP) is 3.28. The Balaban J connectivity index is 1.21. The molecule has 4 heterocycles. The summed E-state index contributed by atoms with van der Waals surface area (Å²) in [4.78, 5) is 32.4. The molecule has 1 saturated heterocycles. The fraction of sp³-hybridized carbons (Fsp3) is 0.435. The molecule has 2 fully saturated rings. The van der Waals surface area contributed by atoms with Gasteiger partial charge in [0.2, 0.25) is 0 Å². The average Bonchev–Trinajstić information content (AvgIpc) is 2.75. The second-order valence-corrected chi connectivity index (χ2v) is 8.36. The van der Waals surface area contributed by atoms with E-state index in [4.69, 9.17) is 0 Å². The van der Waals surface area contributed by atoms with Crippen LogP contribution in [0.4, 0.5) is 5.82 Å². The lowest BCUT2D eigenvalue weighted by atomic mass is 9.83. The van der Waals surface area contributed by atoms with Crippen molar-refractivity contribution in [3.8, 4) is 11.3 Å². The minimum atomic E-state index is 0.000169. The molecule has 0 bridgehead atoms. The fourth-order valence-corrected chi connectivity index (χ4v) is 4.33. The van der Waals surface area contributed by atoms with E-state index in [2.05, 4.69) is 30.9 Å². The number of pyridine rings is 1. The van der Waals surface area contributed by atoms with Gasteiger partial charge >= 0.3 is 0 Å². The van der Waals surface area contributed by atoms with Gasteiger partial charge in [-0.1, -0.05) is 6.42 Å². The van der Waals surface area contributed by atoms with Crippen LogP contribution in [-0.4, -0.2) is 37.6 Å². The highest BCUT2D eigenvalue weighted by Gasteiger charge is 2.24. The van der Waals surface area contributed by atoms with Gasteiger partial charge < -0.3 is 4.90 Å². The van der Waals surface area contributed by atoms with E-state index >= 15 is 0 Å². The Labute approximate surface area is 175 Å². The number of anilines is 1. The lowest BCUT2D eigenvalue weighted by Gasteiger charge is -2.33. The van der Waals surface area contributed by atoms with Crippen LogP contribution in [0.5, 0.6) is 0 Å². The van der Waals surface area contributed by atoms with E-state index in [1.165, 1.54) is 25.0 Å². The highest BCUT2D eigenvalue weighted by molar-refractivity contribution is 5.57. The van der Waals surface area contributed by atoms with Gasteiger partial charge in [0, 0.05) is 61.3 Å². The van der Waals surface area contributed by atoms with E-state index in [0.717, 1.165) is 37.3 Å². The van der Waals surface area contributed by atoms with Crippen molar-refractivity contribution in [3.63, 3.8) is 0 Å². The average molecular weight is 403 g/mol. The Hall–Kier alpha value is -3.09. The zero-order chi connectivity index (χ0) is 20.3. The maximum atomic E-state index is 12.6. The van der Waals surface area contributed by atoms with Gasteiger partial charge in [-0.05, 0) is 43.7 Å². The van der Waals surface area contributed by atoms with Gasteiger partial charge in [0.25, 0.3) is 5.56 Å². The fourth-order valence-electron chi connectivity index (χ4n) is 4.33. The molecule has 1 saturated carbocycles. The van der Waals surface area contributed by atoms with Crippen LogP contribution in [-0.2, 0) is 6.54 Å². The first-order valence-corrected chi connectivity index (χ1v) is 10.8. The second kappa shape index (κ2) is 8.34. The summed E-state index contributed by atoms with van der Waals surface area (Å²) in [6, 6.07) is 7.53. The standard InChI is InChI=1S/C23H26N6O/c30-23-13-21(19-4-8-24-9-5-19)27-16-29(23)14-17-6-10-28(11-7-17)22-12-20(25-15-26-22)18-2-1-3-18/h4-5,8-9,12-13,15-18H,1-3,6-7,10-11,14H2. The molecule has 0 spiro atoms. The van der Waals surface area contributed by atoms with Gasteiger partial charge in [-0.2, -0.15) is 0 Å². The molecule has 0 radical (unpaired) electrons. The van der Waals surface area contributed by atoms with Crippen LogP contribution in [0.1, 0.15) is 43.7 Å². The van der Waals surface area contributed by atoms with Gasteiger partial charge in [-0.3, -0.25) is 14.3 Å². The Morgan fingerprint density at radius 1 is 0.967 bits per heavy atom. The zero-order valence-corrected chi connectivity index (χ0v) is 17.0. The molecule has 5 rings (SSSR count). The SMILES string of the molecule is O=c1cc(-c2ccncc2)ncn1CC1CCN(c2cc(C3CCC3)ncn2)CC1. The highest BCUT2D eigenvalue weighted by atomic mass is 16.1. The lowest BCUT2D eigenvalue weighted by molar-refractivity contribution is 0.350. The molecule has 1 aliphatic heterocycles. The van der Waals surface area contributed by atoms with Crippen LogP contribution in [0.3, 0.4) is 0 Å². The van der Waals surface area contributed by atoms with Crippen LogP contribution < -0.4 is 10.5 Å². The van der Waals surface area contributed by atoms with Crippen molar-refractivity contribution >= 4 is 5.82 Å². The molecular weight excluding hydrogens is 376 g/mol. The van der Waals surface area contributed by atoms with Crippen molar-refractivity contribution in [1.29, 1.82) is 0 Å². The molecular formula is C23H26N6O. The summed E-state index contributed by atoms with van der Waals surface area (Å²) in [5.74, 6) is 2.14. The quantitative estimate of drug-likeness (QED) is 0.652. The molecule has 7 heteroatoms. The van der Waals surface area contributed by atoms with Gasteiger partial charge in [0.15, 0.2) is 0 Å². The molecule has 0 atom stereocenters. The summed E-state index contributed by atoms with van der Waals surface area (Å²) >= 11 is 0. The minimum Gasteiger partial charge on any atom is -0.356 e. The summed E-state index contributed by atoms with van der Waals surface area (Å²) in [7, 11) is 0. The minimum absolute atomic E-state index is 0.000169. The number of hydrogen-bond acceptors (Lipinski definition) is 6. The first-order chi connectivity index (χ1) is 14.8.